The standard InChI is InChI=1S/C8H11N3.C7H11N3.C7H9NO.C6H7N3O.C6H9N3.C6H6N2O.C6H8N2.7C4H10.4CH4/c1-7-8-9-3-4-11(8)6-5-10(7)2;1-9-4-5-10-3-2-8-7(10)6-9;1-2-7-6-9-5-4-8(7)3-1;10-6-5-7-1-3-9(5)4-2-8-6;1-3-9-4-2-8-6(9)5-7-1;9-6-4-8-3-1-2-5(8)7-6;1-2-6-7-3-5-8(6)4-1;7*1-4(2)3;;;;/h3-4H,1,5-6H2,2H3;2-3H,4-6H2,1H3;1-3H,4-6H2;1,3H,2,4H2,(H,8,10);2,4,7H,1,3,5H2;1-3H,4H2,(H,7,9);1-2,4,7H,3,5H2;7*4H,1-3H3;4*1H4. The molecule has 0 spiro atoms. The number of likely N-dealkylation sites (N-methyl/N-ethyl adjacent to an activating group) is 2. The van der Waals surface area contributed by atoms with Crippen molar-refractivity contribution >= 4 is 29.1 Å². The SMILES string of the molecule is C.C.C.C.C=C1c2nccn2CCN1C.CC(C)C.CC(C)C.CC(C)C.CC(C)C.CC(C)C.CC(C)C.CC(C)C.CN1CCn2ccnc2C1.O=C1Cn2cccc2N1.O=C1NCCn2ccnc21.c1cc2n(c1)CCN2.c1cc2n(c1)CCOC2.c1cn2c(n1)CNCC2. The van der Waals surface area contributed by atoms with Crippen LogP contribution in [0.4, 0.5) is 11.6 Å². The number of nitrogens with one attached hydrogen (secondary N) is 4. The van der Waals surface area contributed by atoms with E-state index in [4.69, 9.17) is 4.74 Å². The normalized spacial score (nSPS) is 13.9. The lowest BCUT2D eigenvalue weighted by Gasteiger charge is -2.27. The molecule has 562 valence electrons. The molecule has 4 N–H and O–H groups in total. The van der Waals surface area contributed by atoms with E-state index in [0.29, 0.717) is 18.9 Å². The maximum atomic E-state index is 11.0. The maximum absolute atomic E-state index is 11.0. The molecule has 7 aliphatic heterocycles. The van der Waals surface area contributed by atoms with Gasteiger partial charge in [0, 0.05) is 153 Å². The van der Waals surface area contributed by atoms with E-state index in [-0.39, 0.29) is 41.5 Å². The number of hydrogen-bond donors (Lipinski definition) is 4. The Bertz CT molecular complexity index is 2810. The van der Waals surface area contributed by atoms with Gasteiger partial charge in [-0.1, -0.05) is 182 Å². The van der Waals surface area contributed by atoms with Crippen LogP contribution in [0.5, 0.6) is 0 Å². The van der Waals surface area contributed by atoms with Gasteiger partial charge in [-0.2, -0.15) is 0 Å². The van der Waals surface area contributed by atoms with Crippen molar-refractivity contribution in [1.82, 2.24) is 72.3 Å². The summed E-state index contributed by atoms with van der Waals surface area (Å²) in [5, 5.41) is 11.9. The van der Waals surface area contributed by atoms with Gasteiger partial charge in [-0.15, -0.1) is 0 Å². The average Bonchev–Trinajstić information content (AvgIpc) is 1.64. The minimum absolute atomic E-state index is 0. The van der Waals surface area contributed by atoms with Crippen LogP contribution in [0.3, 0.4) is 0 Å². The summed E-state index contributed by atoms with van der Waals surface area (Å²) in [6, 6.07) is 12.1. The molecule has 0 aromatic carbocycles. The van der Waals surface area contributed by atoms with E-state index in [2.05, 4.69) is 270 Å². The molecule has 20 nitrogen and oxygen atoms in total. The molecule has 7 aromatic rings. The molecule has 7 aliphatic rings. The second-order valence-electron chi connectivity index (χ2n) is 28.5. The van der Waals surface area contributed by atoms with Gasteiger partial charge in [-0.25, -0.2) is 19.9 Å². The second-order valence-corrected chi connectivity index (χ2v) is 28.5. The molecule has 14 rings (SSSR count). The topological polar surface area (TPSA) is 184 Å². The Morgan fingerprint density at radius 3 is 1.38 bits per heavy atom. The first-order valence-electron chi connectivity index (χ1n) is 34.6. The van der Waals surface area contributed by atoms with E-state index in [1.807, 2.05) is 77.9 Å². The van der Waals surface area contributed by atoms with Crippen molar-refractivity contribution < 1.29 is 14.3 Å². The van der Waals surface area contributed by atoms with E-state index < -0.39 is 0 Å². The van der Waals surface area contributed by atoms with Crippen LogP contribution in [-0.2, 0) is 75.0 Å². The highest BCUT2D eigenvalue weighted by Crippen LogP contribution is 2.19. The van der Waals surface area contributed by atoms with Gasteiger partial charge in [0.1, 0.15) is 29.8 Å². The minimum atomic E-state index is -0.0729. The molecule has 0 saturated heterocycles. The van der Waals surface area contributed by atoms with E-state index in [1.165, 1.54) is 17.3 Å². The van der Waals surface area contributed by atoms with Crippen molar-refractivity contribution in [3.8, 4) is 0 Å². The third kappa shape index (κ3) is 45.4. The van der Waals surface area contributed by atoms with Gasteiger partial charge in [0.05, 0.1) is 32.0 Å². The highest BCUT2D eigenvalue weighted by molar-refractivity contribution is 5.93. The quantitative estimate of drug-likeness (QED) is 0.113. The van der Waals surface area contributed by atoms with E-state index in [9.17, 15) is 9.59 Å². The molecular formula is C78H147N17O3. The molecule has 0 aliphatic carbocycles. The van der Waals surface area contributed by atoms with Gasteiger partial charge < -0.3 is 62.9 Å². The van der Waals surface area contributed by atoms with E-state index in [1.54, 1.807) is 6.20 Å². The van der Waals surface area contributed by atoms with Crippen LogP contribution in [0.25, 0.3) is 5.70 Å². The first-order valence-corrected chi connectivity index (χ1v) is 34.6. The van der Waals surface area contributed by atoms with Gasteiger partial charge in [-0.05, 0) is 84.9 Å². The molecule has 14 heterocycles. The zero-order valence-corrected chi connectivity index (χ0v) is 62.9. The second kappa shape index (κ2) is 55.7. The summed E-state index contributed by atoms with van der Waals surface area (Å²) < 4.78 is 19.9. The predicted molar refractivity (Wildman–Crippen MR) is 422 cm³/mol. The lowest BCUT2D eigenvalue weighted by atomic mass is 10.3. The number of imidazole rings is 4. The summed E-state index contributed by atoms with van der Waals surface area (Å²) in [7, 11) is 4.17. The molecule has 0 fully saturated rings. The number of carbonyl (C=O) groups is 2. The molecule has 20 heteroatoms. The van der Waals surface area contributed by atoms with Crippen LogP contribution in [0.15, 0.2) is 111 Å². The number of aromatic nitrogens is 11. The van der Waals surface area contributed by atoms with Gasteiger partial charge in [0.25, 0.3) is 5.91 Å². The van der Waals surface area contributed by atoms with Crippen molar-refractivity contribution in [2.45, 2.75) is 241 Å². The fourth-order valence-electron chi connectivity index (χ4n) is 8.00. The summed E-state index contributed by atoms with van der Waals surface area (Å²) in [5.74, 6) is 11.9. The molecule has 7 aromatic heterocycles. The Morgan fingerprint density at radius 1 is 0.429 bits per heavy atom. The van der Waals surface area contributed by atoms with Crippen molar-refractivity contribution in [2.75, 3.05) is 64.1 Å². The monoisotopic (exact) mass is 1370 g/mol. The van der Waals surface area contributed by atoms with E-state index in [0.717, 1.165) is 156 Å². The third-order valence-corrected chi connectivity index (χ3v) is 11.8. The Labute approximate surface area is 599 Å². The van der Waals surface area contributed by atoms with E-state index >= 15 is 0 Å². The summed E-state index contributed by atoms with van der Waals surface area (Å²) in [6.07, 6.45) is 21.1. The van der Waals surface area contributed by atoms with Crippen LogP contribution >= 0.6 is 0 Å². The number of anilines is 2. The van der Waals surface area contributed by atoms with Crippen molar-refractivity contribution in [1.29, 1.82) is 0 Å². The Balaban J connectivity index is -0.000000493. The van der Waals surface area contributed by atoms with Gasteiger partial charge in [-0.3, -0.25) is 14.5 Å². The smallest absolute Gasteiger partial charge is 0.287 e. The molecular weight excluding hydrogens is 1220 g/mol. The first kappa shape index (κ1) is 97.2. The number of ether oxygens (including phenoxy) is 1. The molecule has 98 heavy (non-hydrogen) atoms. The summed E-state index contributed by atoms with van der Waals surface area (Å²) >= 11 is 0. The summed E-state index contributed by atoms with van der Waals surface area (Å²) in [4.78, 5) is 42.5. The lowest BCUT2D eigenvalue weighted by molar-refractivity contribution is -0.115. The molecule has 0 bridgehead atoms. The zero-order valence-electron chi connectivity index (χ0n) is 62.9. The Kier molecular flexibility index (Phi) is 55.2. The predicted octanol–water partition coefficient (Wildman–Crippen LogP) is 17.3. The Hall–Kier alpha value is -7.16. The highest BCUT2D eigenvalue weighted by Gasteiger charge is 2.18. The lowest BCUT2D eigenvalue weighted by Crippen LogP contribution is -2.35. The van der Waals surface area contributed by atoms with Crippen molar-refractivity contribution in [3.05, 3.63) is 140 Å². The fraction of sp³-hybridized carbons (Fsp3) is 0.641. The summed E-state index contributed by atoms with van der Waals surface area (Å²) in [6.45, 7) is 64.7. The number of carbonyl (C=O) groups excluding carboxylic acids is 2. The van der Waals surface area contributed by atoms with Crippen LogP contribution in [-0.4, -0.2) is 127 Å². The number of hydrogen-bond acceptors (Lipinski definition) is 11. The summed E-state index contributed by atoms with van der Waals surface area (Å²) in [5.41, 5.74) is 2.31. The number of amides is 2. The van der Waals surface area contributed by atoms with Gasteiger partial charge in [0.15, 0.2) is 11.6 Å². The number of rotatable bonds is 0. The Morgan fingerprint density at radius 2 is 0.857 bits per heavy atom. The van der Waals surface area contributed by atoms with Gasteiger partial charge in [0.2, 0.25) is 5.91 Å². The molecule has 0 radical (unpaired) electrons. The fourth-order valence-corrected chi connectivity index (χ4v) is 8.00. The molecule has 0 unspecified atom stereocenters. The molecule has 0 atom stereocenters. The number of nitrogens with zero attached hydrogens (tertiary/aromatic N) is 13. The largest absolute Gasteiger partial charge is 0.373 e. The average molecular weight is 1370 g/mol. The van der Waals surface area contributed by atoms with Crippen molar-refractivity contribution in [3.63, 3.8) is 0 Å². The zero-order chi connectivity index (χ0) is 70.7. The number of fused-ring (bicyclic) bond motifs is 7. The third-order valence-electron chi connectivity index (χ3n) is 11.8. The minimum Gasteiger partial charge on any atom is -0.373 e. The van der Waals surface area contributed by atoms with Crippen LogP contribution < -0.4 is 21.3 Å². The van der Waals surface area contributed by atoms with Crippen LogP contribution in [0.1, 0.15) is 209 Å². The van der Waals surface area contributed by atoms with Crippen LogP contribution in [0, 0.1) is 41.4 Å². The highest BCUT2D eigenvalue weighted by atomic mass is 16.5. The molecule has 2 amide bonds. The first-order chi connectivity index (χ1) is 44.4. The van der Waals surface area contributed by atoms with Crippen LogP contribution in [0.2, 0.25) is 0 Å². The van der Waals surface area contributed by atoms with Crippen molar-refractivity contribution in [2.24, 2.45) is 41.4 Å². The van der Waals surface area contributed by atoms with Gasteiger partial charge >= 0.3 is 0 Å². The maximum Gasteiger partial charge on any atom is 0.287 e. The molecule has 0 saturated carbocycles.